The van der Waals surface area contributed by atoms with Gasteiger partial charge in [-0.3, -0.25) is 15.6 Å². The van der Waals surface area contributed by atoms with Crippen molar-refractivity contribution < 1.29 is 14.7 Å². The highest BCUT2D eigenvalue weighted by Gasteiger charge is 2.11. The van der Waals surface area contributed by atoms with Gasteiger partial charge in [0.15, 0.2) is 5.11 Å². The number of rotatable bonds is 3. The van der Waals surface area contributed by atoms with Crippen LogP contribution in [-0.4, -0.2) is 31.5 Å². The molecule has 0 aliphatic heterocycles. The minimum atomic E-state index is -1.02. The van der Waals surface area contributed by atoms with Crippen LogP contribution in [0.2, 0.25) is 5.02 Å². The maximum absolute atomic E-state index is 12.1. The minimum Gasteiger partial charge on any atom is -0.478 e. The number of halogens is 1. The molecular formula is C16H12ClN5O3S. The molecule has 0 spiro atoms. The van der Waals surface area contributed by atoms with E-state index >= 15 is 0 Å². The fraction of sp³-hybridized carbons (Fsp3) is 0. The Bertz CT molecular complexity index is 1000. The lowest BCUT2D eigenvalue weighted by atomic mass is 10.2. The first-order valence-electron chi connectivity index (χ1n) is 7.27. The number of fused-ring (bicyclic) bond motifs is 1. The summed E-state index contributed by atoms with van der Waals surface area (Å²) in [6.07, 6.45) is 3.26. The molecule has 0 aliphatic carbocycles. The normalized spacial score (nSPS) is 10.3. The number of imidazole rings is 1. The van der Waals surface area contributed by atoms with Crippen LogP contribution in [0.5, 0.6) is 0 Å². The molecule has 1 amide bonds. The van der Waals surface area contributed by atoms with E-state index in [2.05, 4.69) is 21.2 Å². The zero-order valence-electron chi connectivity index (χ0n) is 13.1. The van der Waals surface area contributed by atoms with Crippen molar-refractivity contribution in [2.45, 2.75) is 0 Å². The van der Waals surface area contributed by atoms with Gasteiger partial charge in [0.2, 0.25) is 0 Å². The van der Waals surface area contributed by atoms with Crippen LogP contribution >= 0.6 is 23.8 Å². The van der Waals surface area contributed by atoms with Gasteiger partial charge in [0.05, 0.1) is 5.56 Å². The highest BCUT2D eigenvalue weighted by molar-refractivity contribution is 7.80. The number of carboxylic acid groups (broad SMARTS) is 1. The average molecular weight is 390 g/mol. The van der Waals surface area contributed by atoms with Gasteiger partial charge in [-0.2, -0.15) is 0 Å². The standard InChI is InChI=1S/C16H12ClN5O3S/c17-10-5-6-22-8-12(19-13(22)7-10)14(23)20-21-16(26)18-11-3-1-9(2-4-11)15(24)25/h1-8H,(H,20,23)(H,24,25)(H2,18,21,26). The van der Waals surface area contributed by atoms with Gasteiger partial charge in [-0.25, -0.2) is 9.78 Å². The summed E-state index contributed by atoms with van der Waals surface area (Å²) in [7, 11) is 0. The van der Waals surface area contributed by atoms with Crippen LogP contribution in [0.1, 0.15) is 20.8 Å². The van der Waals surface area contributed by atoms with E-state index in [1.165, 1.54) is 12.1 Å². The van der Waals surface area contributed by atoms with Gasteiger partial charge in [0.25, 0.3) is 5.91 Å². The van der Waals surface area contributed by atoms with E-state index in [1.807, 2.05) is 0 Å². The first-order chi connectivity index (χ1) is 12.4. The molecule has 2 aromatic heterocycles. The Morgan fingerprint density at radius 3 is 2.58 bits per heavy atom. The summed E-state index contributed by atoms with van der Waals surface area (Å²) < 4.78 is 1.67. The minimum absolute atomic E-state index is 0.133. The second-order valence-electron chi connectivity index (χ2n) is 5.15. The topological polar surface area (TPSA) is 108 Å². The van der Waals surface area contributed by atoms with Crippen molar-refractivity contribution in [1.29, 1.82) is 0 Å². The molecule has 0 saturated carbocycles. The molecule has 4 N–H and O–H groups in total. The molecule has 3 aromatic rings. The number of carbonyl (C=O) groups is 2. The quantitative estimate of drug-likeness (QED) is 0.402. The SMILES string of the molecule is O=C(O)c1ccc(NC(=S)NNC(=O)c2cn3ccc(Cl)cc3n2)cc1. The van der Waals surface area contributed by atoms with Gasteiger partial charge < -0.3 is 14.8 Å². The van der Waals surface area contributed by atoms with Crippen LogP contribution in [0.3, 0.4) is 0 Å². The summed E-state index contributed by atoms with van der Waals surface area (Å²) in [5, 5.41) is 12.3. The van der Waals surface area contributed by atoms with Gasteiger partial charge in [-0.15, -0.1) is 0 Å². The van der Waals surface area contributed by atoms with Crippen LogP contribution in [0.25, 0.3) is 5.65 Å². The van der Waals surface area contributed by atoms with E-state index in [-0.39, 0.29) is 16.4 Å². The van der Waals surface area contributed by atoms with Gasteiger partial charge >= 0.3 is 5.97 Å². The number of anilines is 1. The maximum Gasteiger partial charge on any atom is 0.335 e. The summed E-state index contributed by atoms with van der Waals surface area (Å²) in [6, 6.07) is 9.32. The second-order valence-corrected chi connectivity index (χ2v) is 6.00. The van der Waals surface area contributed by atoms with Gasteiger partial charge in [0.1, 0.15) is 11.3 Å². The Labute approximate surface area is 157 Å². The maximum atomic E-state index is 12.1. The highest BCUT2D eigenvalue weighted by atomic mass is 35.5. The molecule has 0 atom stereocenters. The number of nitrogens with one attached hydrogen (secondary N) is 3. The predicted octanol–water partition coefficient (Wildman–Crippen LogP) is 2.32. The monoisotopic (exact) mass is 389 g/mol. The number of thiocarbonyl (C=S) groups is 1. The fourth-order valence-corrected chi connectivity index (χ4v) is 2.43. The number of carbonyl (C=O) groups excluding carboxylic acids is 1. The lowest BCUT2D eigenvalue weighted by molar-refractivity contribution is 0.0696. The summed E-state index contributed by atoms with van der Waals surface area (Å²) in [5.74, 6) is -1.49. The molecule has 3 rings (SSSR count). The van der Waals surface area contributed by atoms with Crippen LogP contribution < -0.4 is 16.2 Å². The number of amides is 1. The number of hydrazine groups is 1. The van der Waals surface area contributed by atoms with Crippen molar-refractivity contribution >= 4 is 52.1 Å². The van der Waals surface area contributed by atoms with E-state index < -0.39 is 11.9 Å². The van der Waals surface area contributed by atoms with Crippen molar-refractivity contribution in [1.82, 2.24) is 20.2 Å². The number of hydrogen-bond acceptors (Lipinski definition) is 4. The first kappa shape index (κ1) is 17.6. The molecule has 1 aromatic carbocycles. The summed E-state index contributed by atoms with van der Waals surface area (Å²) in [4.78, 5) is 27.1. The van der Waals surface area contributed by atoms with Crippen LogP contribution in [0, 0.1) is 0 Å². The molecule has 132 valence electrons. The van der Waals surface area contributed by atoms with E-state index in [0.29, 0.717) is 16.4 Å². The lowest BCUT2D eigenvalue weighted by Gasteiger charge is -2.10. The van der Waals surface area contributed by atoms with Crippen LogP contribution in [0.4, 0.5) is 5.69 Å². The van der Waals surface area contributed by atoms with E-state index in [9.17, 15) is 9.59 Å². The number of pyridine rings is 1. The predicted molar refractivity (Wildman–Crippen MR) is 100 cm³/mol. The molecule has 26 heavy (non-hydrogen) atoms. The third kappa shape index (κ3) is 4.08. The van der Waals surface area contributed by atoms with Crippen molar-refractivity contribution in [3.63, 3.8) is 0 Å². The molecule has 0 radical (unpaired) electrons. The Kier molecular flexibility index (Phi) is 5.01. The Morgan fingerprint density at radius 2 is 1.88 bits per heavy atom. The van der Waals surface area contributed by atoms with Crippen LogP contribution in [-0.2, 0) is 0 Å². The molecule has 0 fully saturated rings. The number of nitrogens with zero attached hydrogens (tertiary/aromatic N) is 2. The smallest absolute Gasteiger partial charge is 0.335 e. The number of carboxylic acids is 1. The number of benzene rings is 1. The zero-order chi connectivity index (χ0) is 18.7. The molecule has 0 aliphatic rings. The fourth-order valence-electron chi connectivity index (χ4n) is 2.10. The molecular weight excluding hydrogens is 378 g/mol. The summed E-state index contributed by atoms with van der Waals surface area (Å²) in [6.45, 7) is 0. The molecule has 0 unspecified atom stereocenters. The molecule has 2 heterocycles. The van der Waals surface area contributed by atoms with Crippen molar-refractivity contribution in [3.8, 4) is 0 Å². The largest absolute Gasteiger partial charge is 0.478 e. The van der Waals surface area contributed by atoms with Gasteiger partial charge in [-0.05, 0) is 42.5 Å². The van der Waals surface area contributed by atoms with E-state index in [0.717, 1.165) is 0 Å². The third-order valence-corrected chi connectivity index (χ3v) is 3.77. The Hall–Kier alpha value is -3.17. The molecule has 8 nitrogen and oxygen atoms in total. The molecule has 0 bridgehead atoms. The highest BCUT2D eigenvalue weighted by Crippen LogP contribution is 2.12. The van der Waals surface area contributed by atoms with E-state index in [4.69, 9.17) is 28.9 Å². The van der Waals surface area contributed by atoms with Gasteiger partial charge in [-0.1, -0.05) is 11.6 Å². The molecule has 10 heteroatoms. The first-order valence-corrected chi connectivity index (χ1v) is 8.06. The van der Waals surface area contributed by atoms with Crippen LogP contribution in [0.15, 0.2) is 48.8 Å². The zero-order valence-corrected chi connectivity index (χ0v) is 14.6. The number of aromatic nitrogens is 2. The summed E-state index contributed by atoms with van der Waals surface area (Å²) in [5.41, 5.74) is 6.45. The van der Waals surface area contributed by atoms with Crippen molar-refractivity contribution in [2.75, 3.05) is 5.32 Å². The summed E-state index contributed by atoms with van der Waals surface area (Å²) >= 11 is 11.0. The Morgan fingerprint density at radius 1 is 1.15 bits per heavy atom. The third-order valence-electron chi connectivity index (χ3n) is 3.33. The van der Waals surface area contributed by atoms with Gasteiger partial charge in [0, 0.05) is 29.2 Å². The van der Waals surface area contributed by atoms with Crippen molar-refractivity contribution in [3.05, 3.63) is 65.1 Å². The Balaban J connectivity index is 1.57. The number of aromatic carboxylic acids is 1. The second kappa shape index (κ2) is 7.38. The molecule has 0 saturated heterocycles. The average Bonchev–Trinajstić information content (AvgIpc) is 3.03. The van der Waals surface area contributed by atoms with E-state index in [1.54, 1.807) is 41.1 Å². The number of hydrogen-bond donors (Lipinski definition) is 4. The lowest BCUT2D eigenvalue weighted by Crippen LogP contribution is -2.43. The van der Waals surface area contributed by atoms with Crippen molar-refractivity contribution in [2.24, 2.45) is 0 Å².